The molecular weight excluding hydrogens is 322 g/mol. The van der Waals surface area contributed by atoms with Gasteiger partial charge in [0, 0.05) is 53.9 Å². The number of carbonyl (C=O) groups is 1. The van der Waals surface area contributed by atoms with E-state index in [2.05, 4.69) is 16.0 Å². The van der Waals surface area contributed by atoms with Crippen molar-refractivity contribution in [1.82, 2.24) is 9.97 Å². The molecular formula is C19H16ClN3O. The van der Waals surface area contributed by atoms with Crippen LogP contribution >= 0.6 is 11.6 Å². The Bertz CT molecular complexity index is 886. The lowest BCUT2D eigenvalue weighted by molar-refractivity contribution is -0.117. The Morgan fingerprint density at radius 3 is 2.50 bits per heavy atom. The number of hydrogen-bond donors (Lipinski definition) is 1. The number of rotatable bonds is 3. The first kappa shape index (κ1) is 15.0. The predicted molar refractivity (Wildman–Crippen MR) is 96.1 cm³/mol. The first-order chi connectivity index (χ1) is 11.7. The van der Waals surface area contributed by atoms with Gasteiger partial charge in [0.15, 0.2) is 0 Å². The van der Waals surface area contributed by atoms with Crippen molar-refractivity contribution in [3.8, 4) is 22.3 Å². The van der Waals surface area contributed by atoms with Gasteiger partial charge >= 0.3 is 0 Å². The van der Waals surface area contributed by atoms with E-state index >= 15 is 0 Å². The van der Waals surface area contributed by atoms with Gasteiger partial charge in [0.2, 0.25) is 5.91 Å². The highest BCUT2D eigenvalue weighted by atomic mass is 35.5. The molecule has 0 spiro atoms. The first-order valence-corrected chi connectivity index (χ1v) is 8.29. The minimum Gasteiger partial charge on any atom is -0.352 e. The minimum absolute atomic E-state index is 0.202. The summed E-state index contributed by atoms with van der Waals surface area (Å²) in [6, 6.07) is 12.0. The van der Waals surface area contributed by atoms with Gasteiger partial charge in [-0.3, -0.25) is 9.78 Å². The van der Waals surface area contributed by atoms with E-state index in [1.807, 2.05) is 47.6 Å². The minimum atomic E-state index is 0.202. The van der Waals surface area contributed by atoms with Gasteiger partial charge in [-0.05, 0) is 36.2 Å². The zero-order chi connectivity index (χ0) is 16.5. The Labute approximate surface area is 145 Å². The van der Waals surface area contributed by atoms with Crippen molar-refractivity contribution < 1.29 is 4.79 Å². The third kappa shape index (κ3) is 2.69. The van der Waals surface area contributed by atoms with Crippen LogP contribution in [0.3, 0.4) is 0 Å². The summed E-state index contributed by atoms with van der Waals surface area (Å²) in [4.78, 5) is 21.0. The van der Waals surface area contributed by atoms with E-state index in [0.29, 0.717) is 11.6 Å². The number of pyridine rings is 1. The molecule has 0 aliphatic carbocycles. The number of nitrogens with one attached hydrogen (secondary N) is 1. The number of H-pyrrole nitrogens is 1. The van der Waals surface area contributed by atoms with Crippen LogP contribution in [0.25, 0.3) is 22.3 Å². The van der Waals surface area contributed by atoms with Gasteiger partial charge < -0.3 is 9.88 Å². The molecule has 1 fully saturated rings. The average Bonchev–Trinajstić information content (AvgIpc) is 3.23. The fourth-order valence-corrected chi connectivity index (χ4v) is 3.31. The fourth-order valence-electron chi connectivity index (χ4n) is 3.07. The summed E-state index contributed by atoms with van der Waals surface area (Å²) in [6.07, 6.45) is 7.03. The maximum absolute atomic E-state index is 11.8. The zero-order valence-electron chi connectivity index (χ0n) is 13.0. The number of benzene rings is 1. The lowest BCUT2D eigenvalue weighted by Crippen LogP contribution is -2.23. The molecule has 0 radical (unpaired) electrons. The summed E-state index contributed by atoms with van der Waals surface area (Å²) in [5, 5.41) is 0.608. The lowest BCUT2D eigenvalue weighted by Gasteiger charge is -2.16. The van der Waals surface area contributed by atoms with Crippen LogP contribution in [0.5, 0.6) is 0 Å². The smallest absolute Gasteiger partial charge is 0.227 e. The van der Waals surface area contributed by atoms with E-state index in [1.165, 1.54) is 0 Å². The van der Waals surface area contributed by atoms with Crippen LogP contribution in [0.2, 0.25) is 5.15 Å². The molecule has 1 aliphatic heterocycles. The number of hydrogen-bond acceptors (Lipinski definition) is 2. The van der Waals surface area contributed by atoms with E-state index in [9.17, 15) is 4.79 Å². The van der Waals surface area contributed by atoms with Crippen molar-refractivity contribution >= 4 is 23.2 Å². The van der Waals surface area contributed by atoms with Gasteiger partial charge in [-0.15, -0.1) is 0 Å². The number of amides is 1. The highest BCUT2D eigenvalue weighted by Crippen LogP contribution is 2.30. The fraction of sp³-hybridized carbons (Fsp3) is 0.158. The normalized spacial score (nSPS) is 14.4. The Balaban J connectivity index is 1.64. The molecule has 1 saturated heterocycles. The topological polar surface area (TPSA) is 49.0 Å². The van der Waals surface area contributed by atoms with Crippen molar-refractivity contribution in [3.05, 3.63) is 60.1 Å². The van der Waals surface area contributed by atoms with Crippen LogP contribution in [0.4, 0.5) is 5.69 Å². The Kier molecular flexibility index (Phi) is 3.82. The number of nitrogens with zero attached hydrogens (tertiary/aromatic N) is 2. The maximum Gasteiger partial charge on any atom is 0.227 e. The quantitative estimate of drug-likeness (QED) is 0.763. The zero-order valence-corrected chi connectivity index (χ0v) is 13.8. The van der Waals surface area contributed by atoms with Crippen molar-refractivity contribution in [3.63, 3.8) is 0 Å². The summed E-state index contributed by atoms with van der Waals surface area (Å²) in [6.45, 7) is 0.807. The second-order valence-electron chi connectivity index (χ2n) is 5.86. The first-order valence-electron chi connectivity index (χ1n) is 7.91. The van der Waals surface area contributed by atoms with Crippen molar-refractivity contribution in [1.29, 1.82) is 0 Å². The average molecular weight is 338 g/mol. The molecule has 4 nitrogen and oxygen atoms in total. The summed E-state index contributed by atoms with van der Waals surface area (Å²) in [5.74, 6) is 0.202. The number of anilines is 1. The number of aromatic nitrogens is 2. The summed E-state index contributed by atoms with van der Waals surface area (Å²) in [7, 11) is 0. The lowest BCUT2D eigenvalue weighted by atomic mass is 10.0. The molecule has 3 heterocycles. The van der Waals surface area contributed by atoms with Gasteiger partial charge in [0.25, 0.3) is 0 Å². The third-order valence-electron chi connectivity index (χ3n) is 4.33. The van der Waals surface area contributed by atoms with Gasteiger partial charge in [-0.25, -0.2) is 0 Å². The van der Waals surface area contributed by atoms with Gasteiger partial charge in [0.1, 0.15) is 5.15 Å². The van der Waals surface area contributed by atoms with E-state index in [0.717, 1.165) is 40.9 Å². The summed E-state index contributed by atoms with van der Waals surface area (Å²) < 4.78 is 0. The largest absolute Gasteiger partial charge is 0.352 e. The maximum atomic E-state index is 11.8. The standard InChI is InChI=1S/C19H16ClN3O/c20-19-17(7-8-22-19)15-10-14(11-21-12-15)13-3-5-16(6-4-13)23-9-1-2-18(23)24/h3-8,10-12,22H,1-2,9H2. The Morgan fingerprint density at radius 1 is 1.04 bits per heavy atom. The SMILES string of the molecule is O=C1CCCN1c1ccc(-c2cncc(-c3cc[nH]c3Cl)c2)cc1. The van der Waals surface area contributed by atoms with Crippen molar-refractivity contribution in [2.24, 2.45) is 0 Å². The van der Waals surface area contributed by atoms with Crippen LogP contribution in [-0.2, 0) is 4.79 Å². The molecule has 0 bridgehead atoms. The van der Waals surface area contributed by atoms with Crippen LogP contribution in [0.15, 0.2) is 55.0 Å². The molecule has 3 aromatic rings. The molecule has 4 rings (SSSR count). The molecule has 1 N–H and O–H groups in total. The number of carbonyl (C=O) groups excluding carboxylic acids is 1. The molecule has 5 heteroatoms. The van der Waals surface area contributed by atoms with Gasteiger partial charge in [0.05, 0.1) is 0 Å². The molecule has 1 aliphatic rings. The molecule has 120 valence electrons. The number of aromatic amines is 1. The highest BCUT2D eigenvalue weighted by molar-refractivity contribution is 6.32. The van der Waals surface area contributed by atoms with E-state index < -0.39 is 0 Å². The predicted octanol–water partition coefficient (Wildman–Crippen LogP) is 4.52. The summed E-state index contributed by atoms with van der Waals surface area (Å²) in [5.41, 5.74) is 4.94. The molecule has 0 unspecified atom stereocenters. The molecule has 2 aromatic heterocycles. The van der Waals surface area contributed by atoms with Gasteiger partial charge in [-0.1, -0.05) is 23.7 Å². The van der Waals surface area contributed by atoms with Crippen LogP contribution in [0.1, 0.15) is 12.8 Å². The molecule has 24 heavy (non-hydrogen) atoms. The van der Waals surface area contributed by atoms with E-state index in [1.54, 1.807) is 6.20 Å². The molecule has 0 saturated carbocycles. The van der Waals surface area contributed by atoms with Crippen molar-refractivity contribution in [2.75, 3.05) is 11.4 Å². The Hall–Kier alpha value is -2.59. The van der Waals surface area contributed by atoms with Crippen LogP contribution in [0, 0.1) is 0 Å². The molecule has 1 amide bonds. The third-order valence-corrected chi connectivity index (χ3v) is 4.64. The second-order valence-corrected chi connectivity index (χ2v) is 6.24. The van der Waals surface area contributed by atoms with Crippen LogP contribution < -0.4 is 4.90 Å². The number of halogens is 1. The van der Waals surface area contributed by atoms with Crippen LogP contribution in [-0.4, -0.2) is 22.4 Å². The van der Waals surface area contributed by atoms with E-state index in [-0.39, 0.29) is 5.91 Å². The monoisotopic (exact) mass is 337 g/mol. The highest BCUT2D eigenvalue weighted by Gasteiger charge is 2.21. The van der Waals surface area contributed by atoms with E-state index in [4.69, 9.17) is 11.6 Å². The second kappa shape index (κ2) is 6.13. The van der Waals surface area contributed by atoms with Gasteiger partial charge in [-0.2, -0.15) is 0 Å². The summed E-state index contributed by atoms with van der Waals surface area (Å²) >= 11 is 6.16. The molecule has 1 aromatic carbocycles. The Morgan fingerprint density at radius 2 is 1.83 bits per heavy atom. The van der Waals surface area contributed by atoms with Crippen molar-refractivity contribution in [2.45, 2.75) is 12.8 Å². The molecule has 0 atom stereocenters.